The number of anilines is 1. The van der Waals surface area contributed by atoms with Gasteiger partial charge in [-0.1, -0.05) is 32.0 Å². The zero-order valence-corrected chi connectivity index (χ0v) is 11.3. The van der Waals surface area contributed by atoms with Crippen molar-refractivity contribution in [3.05, 3.63) is 29.8 Å². The Balaban J connectivity index is 2.40. The number of para-hydroxylation sites is 1. The Morgan fingerprint density at radius 3 is 2.47 bits per heavy atom. The summed E-state index contributed by atoms with van der Waals surface area (Å²) in [5.41, 5.74) is 2.70. The molecule has 1 heterocycles. The molecule has 0 spiro atoms. The molecular formula is C15H23NO. The van der Waals surface area contributed by atoms with Crippen LogP contribution in [0, 0.1) is 0 Å². The van der Waals surface area contributed by atoms with E-state index in [9.17, 15) is 5.11 Å². The summed E-state index contributed by atoms with van der Waals surface area (Å²) in [7, 11) is 0. The van der Waals surface area contributed by atoms with Gasteiger partial charge in [0.2, 0.25) is 0 Å². The smallest absolute Gasteiger partial charge is 0.0737 e. The molecule has 0 saturated carbocycles. The fraction of sp³-hybridized carbons (Fsp3) is 0.600. The number of aliphatic hydroxyl groups is 1. The normalized spacial score (nSPS) is 23.4. The van der Waals surface area contributed by atoms with Crippen molar-refractivity contribution in [2.45, 2.75) is 51.7 Å². The highest BCUT2D eigenvalue weighted by Crippen LogP contribution is 2.37. The van der Waals surface area contributed by atoms with E-state index in [4.69, 9.17) is 0 Å². The predicted octanol–water partition coefficient (Wildman–Crippen LogP) is 3.16. The number of benzene rings is 1. The zero-order valence-electron chi connectivity index (χ0n) is 11.3. The van der Waals surface area contributed by atoms with Gasteiger partial charge < -0.3 is 10.0 Å². The third-order valence-electron chi connectivity index (χ3n) is 3.71. The number of hydrogen-bond donors (Lipinski definition) is 1. The van der Waals surface area contributed by atoms with E-state index in [1.165, 1.54) is 11.3 Å². The lowest BCUT2D eigenvalue weighted by Crippen LogP contribution is -2.38. The first-order valence-corrected chi connectivity index (χ1v) is 6.46. The lowest BCUT2D eigenvalue weighted by Gasteiger charge is -2.35. The molecule has 94 valence electrons. The van der Waals surface area contributed by atoms with Crippen molar-refractivity contribution in [2.24, 2.45) is 0 Å². The van der Waals surface area contributed by atoms with Crippen molar-refractivity contribution in [1.29, 1.82) is 0 Å². The summed E-state index contributed by atoms with van der Waals surface area (Å²) < 4.78 is 0. The van der Waals surface area contributed by atoms with Crippen LogP contribution < -0.4 is 4.90 Å². The zero-order chi connectivity index (χ0) is 12.6. The second-order valence-electron chi connectivity index (χ2n) is 5.99. The first-order valence-electron chi connectivity index (χ1n) is 6.46. The van der Waals surface area contributed by atoms with Gasteiger partial charge in [-0.15, -0.1) is 0 Å². The van der Waals surface area contributed by atoms with Crippen molar-refractivity contribution < 1.29 is 5.11 Å². The van der Waals surface area contributed by atoms with Gasteiger partial charge in [-0.3, -0.25) is 0 Å². The SMILES string of the molecule is CC(C)c1ccccc1N1CC(O)CC1(C)C. The molecule has 1 aliphatic rings. The second kappa shape index (κ2) is 4.34. The molecule has 1 aromatic carbocycles. The van der Waals surface area contributed by atoms with E-state index >= 15 is 0 Å². The molecule has 1 unspecified atom stereocenters. The molecule has 1 atom stereocenters. The molecule has 1 aromatic rings. The van der Waals surface area contributed by atoms with Crippen molar-refractivity contribution >= 4 is 5.69 Å². The van der Waals surface area contributed by atoms with Crippen LogP contribution in [0.3, 0.4) is 0 Å². The molecule has 0 amide bonds. The molecule has 2 nitrogen and oxygen atoms in total. The molecule has 1 fully saturated rings. The van der Waals surface area contributed by atoms with Gasteiger partial charge in [0.1, 0.15) is 0 Å². The van der Waals surface area contributed by atoms with Gasteiger partial charge in [-0.2, -0.15) is 0 Å². The highest BCUT2D eigenvalue weighted by atomic mass is 16.3. The van der Waals surface area contributed by atoms with Crippen LogP contribution in [0.25, 0.3) is 0 Å². The minimum atomic E-state index is -0.204. The first-order chi connectivity index (χ1) is 7.92. The number of β-amino-alcohol motifs (C(OH)–C–C–N with tert-alkyl or cyclic N) is 1. The maximum atomic E-state index is 9.88. The monoisotopic (exact) mass is 233 g/mol. The van der Waals surface area contributed by atoms with Gasteiger partial charge in [0.05, 0.1) is 6.10 Å². The molecule has 0 aliphatic carbocycles. The van der Waals surface area contributed by atoms with Gasteiger partial charge in [0.15, 0.2) is 0 Å². The van der Waals surface area contributed by atoms with Crippen LogP contribution in [0.5, 0.6) is 0 Å². The molecule has 1 N–H and O–H groups in total. The van der Waals surface area contributed by atoms with Crippen molar-refractivity contribution in [3.63, 3.8) is 0 Å². The lowest BCUT2D eigenvalue weighted by atomic mass is 9.96. The van der Waals surface area contributed by atoms with E-state index in [1.54, 1.807) is 0 Å². The molecule has 0 aromatic heterocycles. The number of rotatable bonds is 2. The van der Waals surface area contributed by atoms with Crippen LogP contribution >= 0.6 is 0 Å². The van der Waals surface area contributed by atoms with Crippen LogP contribution in [0.15, 0.2) is 24.3 Å². The highest BCUT2D eigenvalue weighted by molar-refractivity contribution is 5.57. The van der Waals surface area contributed by atoms with E-state index in [0.29, 0.717) is 5.92 Å². The van der Waals surface area contributed by atoms with E-state index in [2.05, 4.69) is 56.9 Å². The summed E-state index contributed by atoms with van der Waals surface area (Å²) in [5.74, 6) is 0.514. The van der Waals surface area contributed by atoms with Gasteiger partial charge in [0.25, 0.3) is 0 Å². The molecule has 0 bridgehead atoms. The first kappa shape index (κ1) is 12.4. The Hall–Kier alpha value is -1.02. The topological polar surface area (TPSA) is 23.5 Å². The summed E-state index contributed by atoms with van der Waals surface area (Å²) in [4.78, 5) is 2.35. The van der Waals surface area contributed by atoms with Crippen LogP contribution in [-0.4, -0.2) is 23.3 Å². The highest BCUT2D eigenvalue weighted by Gasteiger charge is 2.38. The maximum Gasteiger partial charge on any atom is 0.0737 e. The minimum absolute atomic E-state index is 0.0460. The average Bonchev–Trinajstić information content (AvgIpc) is 2.51. The minimum Gasteiger partial charge on any atom is -0.391 e. The quantitative estimate of drug-likeness (QED) is 0.848. The standard InChI is InChI=1S/C15H23NO/c1-11(2)13-7-5-6-8-14(13)16-10-12(17)9-15(16,3)4/h5-8,11-12,17H,9-10H2,1-4H3. The Bertz CT molecular complexity index is 398. The Kier molecular flexibility index (Phi) is 3.17. The maximum absolute atomic E-state index is 9.88. The number of hydrogen-bond acceptors (Lipinski definition) is 2. The van der Waals surface area contributed by atoms with Gasteiger partial charge >= 0.3 is 0 Å². The third kappa shape index (κ3) is 2.32. The van der Waals surface area contributed by atoms with E-state index in [1.807, 2.05) is 0 Å². The van der Waals surface area contributed by atoms with Gasteiger partial charge in [0, 0.05) is 17.8 Å². The van der Waals surface area contributed by atoms with Crippen LogP contribution in [0.1, 0.15) is 45.6 Å². The third-order valence-corrected chi connectivity index (χ3v) is 3.71. The molecule has 1 saturated heterocycles. The molecule has 2 heteroatoms. The molecule has 1 aliphatic heterocycles. The summed E-state index contributed by atoms with van der Waals surface area (Å²) in [6.45, 7) is 9.61. The van der Waals surface area contributed by atoms with Crippen LogP contribution in [-0.2, 0) is 0 Å². The number of aliphatic hydroxyl groups excluding tert-OH is 1. The molecule has 17 heavy (non-hydrogen) atoms. The van der Waals surface area contributed by atoms with Crippen molar-refractivity contribution in [3.8, 4) is 0 Å². The molecule has 0 radical (unpaired) electrons. The fourth-order valence-corrected chi connectivity index (χ4v) is 2.86. The van der Waals surface area contributed by atoms with Crippen molar-refractivity contribution in [1.82, 2.24) is 0 Å². The predicted molar refractivity (Wildman–Crippen MR) is 72.6 cm³/mol. The Labute approximate surface area is 104 Å². The summed E-state index contributed by atoms with van der Waals surface area (Å²) in [5, 5.41) is 9.88. The van der Waals surface area contributed by atoms with E-state index < -0.39 is 0 Å². The van der Waals surface area contributed by atoms with Crippen LogP contribution in [0.2, 0.25) is 0 Å². The van der Waals surface area contributed by atoms with Crippen LogP contribution in [0.4, 0.5) is 5.69 Å². The molecular weight excluding hydrogens is 210 g/mol. The number of nitrogens with zero attached hydrogens (tertiary/aromatic N) is 1. The van der Waals surface area contributed by atoms with E-state index in [0.717, 1.165) is 13.0 Å². The summed E-state index contributed by atoms with van der Waals surface area (Å²) in [6.07, 6.45) is 0.643. The Morgan fingerprint density at radius 1 is 1.29 bits per heavy atom. The Morgan fingerprint density at radius 2 is 1.94 bits per heavy atom. The lowest BCUT2D eigenvalue weighted by molar-refractivity contribution is 0.188. The van der Waals surface area contributed by atoms with Gasteiger partial charge in [-0.25, -0.2) is 0 Å². The second-order valence-corrected chi connectivity index (χ2v) is 5.99. The van der Waals surface area contributed by atoms with E-state index in [-0.39, 0.29) is 11.6 Å². The average molecular weight is 233 g/mol. The van der Waals surface area contributed by atoms with Crippen molar-refractivity contribution in [2.75, 3.05) is 11.4 Å². The fourth-order valence-electron chi connectivity index (χ4n) is 2.86. The van der Waals surface area contributed by atoms with Gasteiger partial charge in [-0.05, 0) is 37.8 Å². The largest absolute Gasteiger partial charge is 0.391 e. The summed E-state index contributed by atoms with van der Waals surface area (Å²) >= 11 is 0. The summed E-state index contributed by atoms with van der Waals surface area (Å²) in [6, 6.07) is 8.55. The molecule has 2 rings (SSSR count).